The predicted octanol–water partition coefficient (Wildman–Crippen LogP) is 4.00. The molecule has 0 unspecified atom stereocenters. The molecule has 2 rings (SSSR count). The number of benzene rings is 1. The van der Waals surface area contributed by atoms with Crippen LogP contribution in [-0.4, -0.2) is 22.7 Å². The van der Waals surface area contributed by atoms with Crippen LogP contribution in [0.5, 0.6) is 0 Å². The highest BCUT2D eigenvalue weighted by Crippen LogP contribution is 2.36. The second-order valence-corrected chi connectivity index (χ2v) is 7.25. The summed E-state index contributed by atoms with van der Waals surface area (Å²) in [7, 11) is 0. The third-order valence-corrected chi connectivity index (χ3v) is 5.87. The molecule has 0 bridgehead atoms. The highest BCUT2D eigenvalue weighted by Gasteiger charge is 2.11. The first-order valence-electron chi connectivity index (χ1n) is 4.91. The smallest absolute Gasteiger partial charge is 0.179 e. The van der Waals surface area contributed by atoms with Crippen molar-refractivity contribution in [2.75, 3.05) is 12.5 Å². The molecule has 0 atom stereocenters. The van der Waals surface area contributed by atoms with Crippen molar-refractivity contribution in [2.24, 2.45) is 0 Å². The first-order chi connectivity index (χ1) is 8.78. The third-order valence-electron chi connectivity index (χ3n) is 2.08. The van der Waals surface area contributed by atoms with Gasteiger partial charge in [-0.3, -0.25) is 0 Å². The van der Waals surface area contributed by atoms with Crippen molar-refractivity contribution in [2.45, 2.75) is 18.5 Å². The van der Waals surface area contributed by atoms with Gasteiger partial charge in [0, 0.05) is 9.79 Å². The fourth-order valence-corrected chi connectivity index (χ4v) is 4.44. The van der Waals surface area contributed by atoms with Gasteiger partial charge < -0.3 is 0 Å². The lowest BCUT2D eigenvalue weighted by molar-refractivity contribution is 0.955. The van der Waals surface area contributed by atoms with Gasteiger partial charge in [-0.05, 0) is 24.6 Å². The van der Waals surface area contributed by atoms with Crippen molar-refractivity contribution in [3.63, 3.8) is 0 Å². The molecule has 2 aromatic rings. The van der Waals surface area contributed by atoms with Crippen LogP contribution in [0.1, 0.15) is 5.56 Å². The molecule has 1 heterocycles. The van der Waals surface area contributed by atoms with Crippen LogP contribution in [0.2, 0.25) is 0 Å². The van der Waals surface area contributed by atoms with E-state index in [2.05, 4.69) is 16.3 Å². The third kappa shape index (κ3) is 3.01. The largest absolute Gasteiger partial charge is 0.192 e. The van der Waals surface area contributed by atoms with E-state index < -0.39 is 0 Å². The Balaban J connectivity index is 2.31. The molecule has 0 amide bonds. The van der Waals surface area contributed by atoms with E-state index in [0.717, 1.165) is 24.0 Å². The van der Waals surface area contributed by atoms with E-state index in [0.29, 0.717) is 0 Å². The monoisotopic (exact) mass is 311 g/mol. The fraction of sp³-hybridized carbons (Fsp3) is 0.182. The minimum Gasteiger partial charge on any atom is -0.192 e. The van der Waals surface area contributed by atoms with Crippen molar-refractivity contribution in [3.8, 4) is 6.07 Å². The summed E-state index contributed by atoms with van der Waals surface area (Å²) in [6.07, 6.45) is 3.95. The molecule has 92 valence electrons. The molecule has 0 radical (unpaired) electrons. The quantitative estimate of drug-likeness (QED) is 0.795. The molecule has 0 saturated heterocycles. The van der Waals surface area contributed by atoms with E-state index >= 15 is 0 Å². The number of rotatable bonds is 4. The summed E-state index contributed by atoms with van der Waals surface area (Å²) < 4.78 is 1.81. The summed E-state index contributed by atoms with van der Waals surface area (Å²) >= 11 is 6.21. The zero-order valence-electron chi connectivity index (χ0n) is 9.71. The highest BCUT2D eigenvalue weighted by molar-refractivity contribution is 8.03. The molecule has 0 saturated carbocycles. The van der Waals surface area contributed by atoms with Crippen LogP contribution in [0.15, 0.2) is 36.7 Å². The fourth-order valence-electron chi connectivity index (χ4n) is 1.29. The average Bonchev–Trinajstić information content (AvgIpc) is 2.86. The Morgan fingerprint density at radius 2 is 1.83 bits per heavy atom. The Hall–Kier alpha value is -0.680. The summed E-state index contributed by atoms with van der Waals surface area (Å²) in [5, 5.41) is 17.4. The highest BCUT2D eigenvalue weighted by atomic mass is 32.2. The number of nitrogens with zero attached hydrogens (tertiary/aromatic N) is 3. The van der Waals surface area contributed by atoms with Gasteiger partial charge in [0.1, 0.15) is 6.07 Å². The van der Waals surface area contributed by atoms with Crippen LogP contribution < -0.4 is 0 Å². The van der Waals surface area contributed by atoms with E-state index in [4.69, 9.17) is 0 Å². The maximum Gasteiger partial charge on any atom is 0.179 e. The van der Waals surface area contributed by atoms with E-state index in [1.807, 2.05) is 30.7 Å². The van der Waals surface area contributed by atoms with Crippen molar-refractivity contribution >= 4 is 46.6 Å². The standard InChI is InChI=1S/C11H9N3S4/c1-15-8-4-3-5-9(7(8)6-12)17-11-14-13-10(16-2)18-11/h3-5H,1-2H3. The van der Waals surface area contributed by atoms with Crippen LogP contribution in [-0.2, 0) is 0 Å². The van der Waals surface area contributed by atoms with Crippen LogP contribution in [0, 0.1) is 11.3 Å². The zero-order chi connectivity index (χ0) is 13.0. The first kappa shape index (κ1) is 13.7. The molecule has 1 aromatic carbocycles. The van der Waals surface area contributed by atoms with E-state index in [1.165, 1.54) is 11.8 Å². The van der Waals surface area contributed by atoms with E-state index in [-0.39, 0.29) is 0 Å². The molecule has 18 heavy (non-hydrogen) atoms. The van der Waals surface area contributed by atoms with Gasteiger partial charge in [0.05, 0.1) is 5.56 Å². The Morgan fingerprint density at radius 3 is 2.44 bits per heavy atom. The van der Waals surface area contributed by atoms with Crippen LogP contribution in [0.3, 0.4) is 0 Å². The maximum atomic E-state index is 9.25. The van der Waals surface area contributed by atoms with Gasteiger partial charge in [-0.15, -0.1) is 22.0 Å². The number of aromatic nitrogens is 2. The minimum atomic E-state index is 0.718. The van der Waals surface area contributed by atoms with Gasteiger partial charge in [-0.2, -0.15) is 5.26 Å². The number of hydrogen-bond acceptors (Lipinski definition) is 7. The molecule has 0 spiro atoms. The number of thioether (sulfide) groups is 2. The first-order valence-corrected chi connectivity index (χ1v) is 8.99. The van der Waals surface area contributed by atoms with E-state index in [9.17, 15) is 5.26 Å². The van der Waals surface area contributed by atoms with Crippen LogP contribution >= 0.6 is 46.6 Å². The van der Waals surface area contributed by atoms with Crippen molar-refractivity contribution < 1.29 is 0 Å². The van der Waals surface area contributed by atoms with Gasteiger partial charge in [0.15, 0.2) is 8.68 Å². The maximum absolute atomic E-state index is 9.25. The minimum absolute atomic E-state index is 0.718. The Morgan fingerprint density at radius 1 is 1.11 bits per heavy atom. The molecule has 7 heteroatoms. The lowest BCUT2D eigenvalue weighted by Crippen LogP contribution is -1.85. The van der Waals surface area contributed by atoms with Gasteiger partial charge in [0.2, 0.25) is 0 Å². The SMILES string of the molecule is CSc1nnc(Sc2cccc(SC)c2C#N)s1. The van der Waals surface area contributed by atoms with Gasteiger partial charge in [-0.25, -0.2) is 0 Å². The molecular weight excluding hydrogens is 302 g/mol. The molecular formula is C11H9N3S4. The lowest BCUT2D eigenvalue weighted by atomic mass is 10.2. The van der Waals surface area contributed by atoms with Crippen molar-refractivity contribution in [1.82, 2.24) is 10.2 Å². The molecule has 1 aromatic heterocycles. The summed E-state index contributed by atoms with van der Waals surface area (Å²) in [5.41, 5.74) is 0.718. The number of hydrogen-bond donors (Lipinski definition) is 0. The van der Waals surface area contributed by atoms with Crippen molar-refractivity contribution in [1.29, 1.82) is 5.26 Å². The van der Waals surface area contributed by atoms with Gasteiger partial charge in [0.25, 0.3) is 0 Å². The van der Waals surface area contributed by atoms with Crippen molar-refractivity contribution in [3.05, 3.63) is 23.8 Å². The summed E-state index contributed by atoms with van der Waals surface area (Å²) in [6, 6.07) is 8.14. The molecule has 0 N–H and O–H groups in total. The zero-order valence-corrected chi connectivity index (χ0v) is 13.0. The lowest BCUT2D eigenvalue weighted by Gasteiger charge is -2.04. The molecule has 0 aliphatic heterocycles. The topological polar surface area (TPSA) is 49.6 Å². The Labute approximate surface area is 122 Å². The van der Waals surface area contributed by atoms with Crippen LogP contribution in [0.25, 0.3) is 0 Å². The van der Waals surface area contributed by atoms with Gasteiger partial charge >= 0.3 is 0 Å². The van der Waals surface area contributed by atoms with Crippen LogP contribution in [0.4, 0.5) is 0 Å². The number of nitriles is 1. The molecule has 0 aliphatic rings. The molecule has 3 nitrogen and oxygen atoms in total. The van der Waals surface area contributed by atoms with Gasteiger partial charge in [-0.1, -0.05) is 40.9 Å². The second kappa shape index (κ2) is 6.48. The normalized spacial score (nSPS) is 10.3. The summed E-state index contributed by atoms with van der Waals surface area (Å²) in [6.45, 7) is 0. The summed E-state index contributed by atoms with van der Waals surface area (Å²) in [5.74, 6) is 0. The Bertz CT molecular complexity index is 588. The molecule has 0 aliphatic carbocycles. The average molecular weight is 311 g/mol. The Kier molecular flexibility index (Phi) is 4.95. The van der Waals surface area contributed by atoms with E-state index in [1.54, 1.807) is 34.9 Å². The second-order valence-electron chi connectivity index (χ2n) is 3.09. The predicted molar refractivity (Wildman–Crippen MR) is 78.8 cm³/mol. The summed E-state index contributed by atoms with van der Waals surface area (Å²) in [4.78, 5) is 1.94. The molecule has 0 fully saturated rings.